The SMILES string of the molecule is Cc1nn(-c2ccccc2)cc1CN=C(N)NCC1CCCO1. The molecular weight excluding hydrogens is 290 g/mol. The standard InChI is InChI=1S/C17H23N5O/c1-13-14(12-22(21-13)15-6-3-2-4-7-15)10-19-17(18)20-11-16-8-5-9-23-16/h2-4,6-7,12,16H,5,8-11H2,1H3,(H3,18,19,20). The highest BCUT2D eigenvalue weighted by atomic mass is 16.5. The molecule has 0 aliphatic carbocycles. The van der Waals surface area contributed by atoms with E-state index in [0.29, 0.717) is 12.5 Å². The van der Waals surface area contributed by atoms with Gasteiger partial charge in [0, 0.05) is 24.9 Å². The van der Waals surface area contributed by atoms with E-state index in [0.717, 1.165) is 42.9 Å². The maximum atomic E-state index is 5.92. The third-order valence-electron chi connectivity index (χ3n) is 3.98. The van der Waals surface area contributed by atoms with Gasteiger partial charge in [-0.3, -0.25) is 0 Å². The Hall–Kier alpha value is -2.34. The van der Waals surface area contributed by atoms with Crippen LogP contribution < -0.4 is 11.1 Å². The number of nitrogens with two attached hydrogens (primary N) is 1. The summed E-state index contributed by atoms with van der Waals surface area (Å²) in [6.07, 6.45) is 4.47. The largest absolute Gasteiger partial charge is 0.376 e. The van der Waals surface area contributed by atoms with Crippen LogP contribution in [0.5, 0.6) is 0 Å². The van der Waals surface area contributed by atoms with Crippen LogP contribution in [0.1, 0.15) is 24.1 Å². The lowest BCUT2D eigenvalue weighted by atomic mass is 10.2. The number of aryl methyl sites for hydroxylation is 1. The zero-order valence-electron chi connectivity index (χ0n) is 13.4. The summed E-state index contributed by atoms with van der Waals surface area (Å²) >= 11 is 0. The molecular formula is C17H23N5O. The van der Waals surface area contributed by atoms with Gasteiger partial charge < -0.3 is 15.8 Å². The Morgan fingerprint density at radius 1 is 1.43 bits per heavy atom. The first kappa shape index (κ1) is 15.6. The van der Waals surface area contributed by atoms with Crippen molar-refractivity contribution in [2.24, 2.45) is 10.7 Å². The van der Waals surface area contributed by atoms with Crippen molar-refractivity contribution >= 4 is 5.96 Å². The fourth-order valence-electron chi connectivity index (χ4n) is 2.61. The molecule has 1 aromatic heterocycles. The van der Waals surface area contributed by atoms with Crippen LogP contribution in [0.4, 0.5) is 0 Å². The van der Waals surface area contributed by atoms with Crippen molar-refractivity contribution in [2.45, 2.75) is 32.4 Å². The monoisotopic (exact) mass is 313 g/mol. The van der Waals surface area contributed by atoms with E-state index in [-0.39, 0.29) is 6.10 Å². The van der Waals surface area contributed by atoms with Gasteiger partial charge in [-0.25, -0.2) is 9.67 Å². The summed E-state index contributed by atoms with van der Waals surface area (Å²) in [4.78, 5) is 4.40. The van der Waals surface area contributed by atoms with Crippen LogP contribution in [-0.4, -0.2) is 35.0 Å². The molecule has 2 heterocycles. The molecule has 6 nitrogen and oxygen atoms in total. The van der Waals surface area contributed by atoms with Gasteiger partial charge >= 0.3 is 0 Å². The van der Waals surface area contributed by atoms with Crippen LogP contribution >= 0.6 is 0 Å². The molecule has 1 atom stereocenters. The number of guanidine groups is 1. The fourth-order valence-corrected chi connectivity index (χ4v) is 2.61. The van der Waals surface area contributed by atoms with Gasteiger partial charge in [0.05, 0.1) is 24.0 Å². The van der Waals surface area contributed by atoms with E-state index in [2.05, 4.69) is 15.4 Å². The van der Waals surface area contributed by atoms with Gasteiger partial charge in [-0.1, -0.05) is 18.2 Å². The topological polar surface area (TPSA) is 77.5 Å². The van der Waals surface area contributed by atoms with Gasteiger partial charge in [-0.15, -0.1) is 0 Å². The summed E-state index contributed by atoms with van der Waals surface area (Å²) < 4.78 is 7.42. The van der Waals surface area contributed by atoms with E-state index < -0.39 is 0 Å². The maximum Gasteiger partial charge on any atom is 0.189 e. The van der Waals surface area contributed by atoms with E-state index in [1.807, 2.05) is 48.1 Å². The number of nitrogens with zero attached hydrogens (tertiary/aromatic N) is 3. The quantitative estimate of drug-likeness (QED) is 0.651. The lowest BCUT2D eigenvalue weighted by Gasteiger charge is -2.10. The minimum absolute atomic E-state index is 0.256. The molecule has 1 aromatic carbocycles. The molecule has 1 unspecified atom stereocenters. The first-order valence-corrected chi connectivity index (χ1v) is 7.98. The molecule has 1 aliphatic heterocycles. The van der Waals surface area contributed by atoms with Crippen molar-refractivity contribution in [1.29, 1.82) is 0 Å². The zero-order chi connectivity index (χ0) is 16.1. The second-order valence-electron chi connectivity index (χ2n) is 5.74. The number of aliphatic imine (C=N–C) groups is 1. The normalized spacial score (nSPS) is 18.3. The number of hydrogen-bond donors (Lipinski definition) is 2. The molecule has 0 amide bonds. The van der Waals surface area contributed by atoms with Crippen LogP contribution in [0.15, 0.2) is 41.5 Å². The van der Waals surface area contributed by atoms with Crippen molar-refractivity contribution in [2.75, 3.05) is 13.2 Å². The predicted molar refractivity (Wildman–Crippen MR) is 90.6 cm³/mol. The smallest absolute Gasteiger partial charge is 0.189 e. The molecule has 0 saturated carbocycles. The lowest BCUT2D eigenvalue weighted by molar-refractivity contribution is 0.114. The van der Waals surface area contributed by atoms with Crippen molar-refractivity contribution in [3.05, 3.63) is 47.8 Å². The number of rotatable bonds is 5. The molecule has 23 heavy (non-hydrogen) atoms. The minimum Gasteiger partial charge on any atom is -0.376 e. The fraction of sp³-hybridized carbons (Fsp3) is 0.412. The molecule has 0 spiro atoms. The Balaban J connectivity index is 1.59. The van der Waals surface area contributed by atoms with Crippen molar-refractivity contribution < 1.29 is 4.74 Å². The molecule has 6 heteroatoms. The highest BCUT2D eigenvalue weighted by Gasteiger charge is 2.15. The van der Waals surface area contributed by atoms with E-state index in [1.54, 1.807) is 0 Å². The van der Waals surface area contributed by atoms with E-state index in [9.17, 15) is 0 Å². The summed E-state index contributed by atoms with van der Waals surface area (Å²) in [5, 5.41) is 7.66. The summed E-state index contributed by atoms with van der Waals surface area (Å²) in [6.45, 7) is 4.07. The first-order chi connectivity index (χ1) is 11.2. The van der Waals surface area contributed by atoms with Crippen LogP contribution in [-0.2, 0) is 11.3 Å². The second kappa shape index (κ2) is 7.28. The predicted octanol–water partition coefficient (Wildman–Crippen LogP) is 1.76. The highest BCUT2D eigenvalue weighted by molar-refractivity contribution is 5.77. The Morgan fingerprint density at radius 3 is 3.00 bits per heavy atom. The first-order valence-electron chi connectivity index (χ1n) is 7.98. The van der Waals surface area contributed by atoms with E-state index in [4.69, 9.17) is 10.5 Å². The zero-order valence-corrected chi connectivity index (χ0v) is 13.4. The number of hydrogen-bond acceptors (Lipinski definition) is 3. The maximum absolute atomic E-state index is 5.92. The number of para-hydroxylation sites is 1. The van der Waals surface area contributed by atoms with Crippen molar-refractivity contribution in [3.63, 3.8) is 0 Å². The molecule has 1 aliphatic rings. The highest BCUT2D eigenvalue weighted by Crippen LogP contribution is 2.13. The minimum atomic E-state index is 0.256. The van der Waals surface area contributed by atoms with Gasteiger partial charge in [-0.2, -0.15) is 5.10 Å². The number of ether oxygens (including phenoxy) is 1. The molecule has 0 bridgehead atoms. The van der Waals surface area contributed by atoms with E-state index in [1.165, 1.54) is 0 Å². The van der Waals surface area contributed by atoms with Crippen LogP contribution in [0, 0.1) is 6.92 Å². The molecule has 3 N–H and O–H groups in total. The molecule has 2 aromatic rings. The van der Waals surface area contributed by atoms with Gasteiger partial charge in [0.15, 0.2) is 5.96 Å². The Morgan fingerprint density at radius 2 is 2.26 bits per heavy atom. The van der Waals surface area contributed by atoms with Crippen molar-refractivity contribution in [1.82, 2.24) is 15.1 Å². The van der Waals surface area contributed by atoms with Crippen LogP contribution in [0.3, 0.4) is 0 Å². The average molecular weight is 313 g/mol. The number of aromatic nitrogens is 2. The van der Waals surface area contributed by atoms with Crippen molar-refractivity contribution in [3.8, 4) is 5.69 Å². The average Bonchev–Trinajstić information content (AvgIpc) is 3.21. The second-order valence-corrected chi connectivity index (χ2v) is 5.74. The molecule has 3 rings (SSSR count). The Bertz CT molecular complexity index is 659. The molecule has 0 radical (unpaired) electrons. The van der Waals surface area contributed by atoms with E-state index >= 15 is 0 Å². The molecule has 1 fully saturated rings. The summed E-state index contributed by atoms with van der Waals surface area (Å²) in [7, 11) is 0. The van der Waals surface area contributed by atoms with Gasteiger partial charge in [0.2, 0.25) is 0 Å². The Kier molecular flexibility index (Phi) is 4.92. The number of benzene rings is 1. The summed E-state index contributed by atoms with van der Waals surface area (Å²) in [6, 6.07) is 10.0. The third kappa shape index (κ3) is 4.10. The van der Waals surface area contributed by atoms with Crippen LogP contribution in [0.2, 0.25) is 0 Å². The number of nitrogens with one attached hydrogen (secondary N) is 1. The summed E-state index contributed by atoms with van der Waals surface area (Å²) in [5.41, 5.74) is 8.99. The lowest BCUT2D eigenvalue weighted by Crippen LogP contribution is -2.37. The molecule has 122 valence electrons. The Labute approximate surface area is 136 Å². The van der Waals surface area contributed by atoms with Gasteiger partial charge in [0.25, 0.3) is 0 Å². The summed E-state index contributed by atoms with van der Waals surface area (Å²) in [5.74, 6) is 0.451. The van der Waals surface area contributed by atoms with Crippen LogP contribution in [0.25, 0.3) is 5.69 Å². The van der Waals surface area contributed by atoms with Gasteiger partial charge in [-0.05, 0) is 31.9 Å². The third-order valence-corrected chi connectivity index (χ3v) is 3.98. The van der Waals surface area contributed by atoms with Gasteiger partial charge in [0.1, 0.15) is 0 Å². The molecule has 1 saturated heterocycles.